The zero-order chi connectivity index (χ0) is 22.9. The van der Waals surface area contributed by atoms with Gasteiger partial charge in [0.25, 0.3) is 5.91 Å². The number of aromatic nitrogens is 2. The van der Waals surface area contributed by atoms with Crippen molar-refractivity contribution in [3.05, 3.63) is 53.1 Å². The maximum Gasteiger partial charge on any atom is 0.255 e. The highest BCUT2D eigenvalue weighted by Crippen LogP contribution is 2.24. The van der Waals surface area contributed by atoms with E-state index in [4.69, 9.17) is 11.6 Å². The predicted octanol–water partition coefficient (Wildman–Crippen LogP) is 3.26. The first kappa shape index (κ1) is 22.6. The molecule has 0 aliphatic carbocycles. The topological polar surface area (TPSA) is 98.4 Å². The summed E-state index contributed by atoms with van der Waals surface area (Å²) in [7, 11) is -3.73. The van der Waals surface area contributed by atoms with Crippen LogP contribution >= 0.6 is 11.6 Å². The highest BCUT2D eigenvalue weighted by molar-refractivity contribution is 7.89. The summed E-state index contributed by atoms with van der Waals surface area (Å²) in [6.07, 6.45) is 0.757. The highest BCUT2D eigenvalue weighted by atomic mass is 35.5. The fourth-order valence-corrected chi connectivity index (χ4v) is 5.28. The molecule has 1 amide bonds. The molecule has 1 aromatic heterocycles. The molecule has 0 atom stereocenters. The zero-order valence-electron chi connectivity index (χ0n) is 18.0. The summed E-state index contributed by atoms with van der Waals surface area (Å²) in [5, 5.41) is 0.233. The fraction of sp³-hybridized carbons (Fsp3) is 0.364. The van der Waals surface area contributed by atoms with Gasteiger partial charge in [-0.15, -0.1) is 0 Å². The normalized spacial score (nSPS) is 15.4. The van der Waals surface area contributed by atoms with Gasteiger partial charge in [0, 0.05) is 32.2 Å². The highest BCUT2D eigenvalue weighted by Gasteiger charge is 2.25. The van der Waals surface area contributed by atoms with Gasteiger partial charge < -0.3 is 14.8 Å². The van der Waals surface area contributed by atoms with Gasteiger partial charge in [-0.05, 0) is 50.6 Å². The SMILES string of the molecule is CC(C)NS(=O)(=O)c1ccc(Cl)c(C(=O)N2CCCN(c3nc4ccccc4[nH]3)CC2)c1. The van der Waals surface area contributed by atoms with Crippen molar-refractivity contribution in [1.29, 1.82) is 0 Å². The van der Waals surface area contributed by atoms with Crippen LogP contribution in [-0.4, -0.2) is 61.4 Å². The van der Waals surface area contributed by atoms with Crippen molar-refractivity contribution in [3.63, 3.8) is 0 Å². The summed E-state index contributed by atoms with van der Waals surface area (Å²) in [6, 6.07) is 11.8. The lowest BCUT2D eigenvalue weighted by molar-refractivity contribution is 0.0767. The molecule has 170 valence electrons. The van der Waals surface area contributed by atoms with E-state index >= 15 is 0 Å². The van der Waals surface area contributed by atoms with Crippen LogP contribution in [0.2, 0.25) is 5.02 Å². The number of nitrogens with zero attached hydrogens (tertiary/aromatic N) is 3. The van der Waals surface area contributed by atoms with E-state index in [1.807, 2.05) is 24.3 Å². The summed E-state index contributed by atoms with van der Waals surface area (Å²) < 4.78 is 27.6. The lowest BCUT2D eigenvalue weighted by Gasteiger charge is -2.22. The number of H-pyrrole nitrogens is 1. The molecule has 2 aromatic carbocycles. The minimum Gasteiger partial charge on any atom is -0.341 e. The second kappa shape index (κ2) is 9.09. The van der Waals surface area contributed by atoms with E-state index in [0.29, 0.717) is 19.6 Å². The Morgan fingerprint density at radius 3 is 2.66 bits per heavy atom. The number of para-hydroxylation sites is 2. The monoisotopic (exact) mass is 475 g/mol. The number of imidazole rings is 1. The van der Waals surface area contributed by atoms with Crippen LogP contribution in [0.25, 0.3) is 11.0 Å². The number of rotatable bonds is 5. The standard InChI is InChI=1S/C22H26ClN5O3S/c1-15(2)26-32(30,31)16-8-9-18(23)17(14-16)21(29)27-10-5-11-28(13-12-27)22-24-19-6-3-4-7-20(19)25-22/h3-4,6-9,14-15,26H,5,10-13H2,1-2H3,(H,24,25). The van der Waals surface area contributed by atoms with Gasteiger partial charge in [-0.25, -0.2) is 18.1 Å². The second-order valence-corrected chi connectivity index (χ2v) is 10.2. The van der Waals surface area contributed by atoms with E-state index in [1.165, 1.54) is 18.2 Å². The van der Waals surface area contributed by atoms with Crippen LogP contribution in [-0.2, 0) is 10.0 Å². The molecule has 1 aliphatic rings. The third-order valence-electron chi connectivity index (χ3n) is 5.33. The van der Waals surface area contributed by atoms with Crippen LogP contribution in [0.4, 0.5) is 5.95 Å². The molecule has 1 fully saturated rings. The molecule has 32 heavy (non-hydrogen) atoms. The van der Waals surface area contributed by atoms with E-state index in [2.05, 4.69) is 19.6 Å². The molecule has 4 rings (SSSR count). The molecule has 0 spiro atoms. The molecule has 0 saturated carbocycles. The average Bonchev–Trinajstić information content (AvgIpc) is 3.02. The molecule has 10 heteroatoms. The number of amides is 1. The van der Waals surface area contributed by atoms with E-state index in [0.717, 1.165) is 29.9 Å². The predicted molar refractivity (Wildman–Crippen MR) is 126 cm³/mol. The minimum absolute atomic E-state index is 0.0256. The van der Waals surface area contributed by atoms with Gasteiger partial charge >= 0.3 is 0 Å². The number of aromatic amines is 1. The van der Waals surface area contributed by atoms with Gasteiger partial charge in [0.2, 0.25) is 16.0 Å². The Balaban J connectivity index is 1.52. The Morgan fingerprint density at radius 1 is 1.12 bits per heavy atom. The number of benzene rings is 2. The number of nitrogens with one attached hydrogen (secondary N) is 2. The molecular weight excluding hydrogens is 450 g/mol. The molecule has 1 saturated heterocycles. The summed E-state index contributed by atoms with van der Waals surface area (Å²) in [6.45, 7) is 5.87. The number of fused-ring (bicyclic) bond motifs is 1. The summed E-state index contributed by atoms with van der Waals surface area (Å²) in [4.78, 5) is 25.1. The van der Waals surface area contributed by atoms with E-state index < -0.39 is 10.0 Å². The van der Waals surface area contributed by atoms with E-state index in [-0.39, 0.29) is 27.4 Å². The Kier molecular flexibility index (Phi) is 6.41. The van der Waals surface area contributed by atoms with Crippen molar-refractivity contribution < 1.29 is 13.2 Å². The van der Waals surface area contributed by atoms with Crippen LogP contribution in [0.3, 0.4) is 0 Å². The number of hydrogen-bond donors (Lipinski definition) is 2. The number of carbonyl (C=O) groups excluding carboxylic acids is 1. The van der Waals surface area contributed by atoms with Crippen LogP contribution in [0.5, 0.6) is 0 Å². The van der Waals surface area contributed by atoms with Gasteiger partial charge in [0.05, 0.1) is 26.5 Å². The molecule has 0 bridgehead atoms. The smallest absolute Gasteiger partial charge is 0.255 e. The number of carbonyl (C=O) groups is 1. The number of anilines is 1. The Hall–Kier alpha value is -2.62. The largest absolute Gasteiger partial charge is 0.341 e. The van der Waals surface area contributed by atoms with E-state index in [1.54, 1.807) is 18.7 Å². The van der Waals surface area contributed by atoms with Crippen LogP contribution < -0.4 is 9.62 Å². The third kappa shape index (κ3) is 4.74. The van der Waals surface area contributed by atoms with Gasteiger partial charge in [-0.1, -0.05) is 23.7 Å². The van der Waals surface area contributed by atoms with Crippen molar-refractivity contribution in [2.45, 2.75) is 31.2 Å². The summed E-state index contributed by atoms with van der Waals surface area (Å²) in [5.41, 5.74) is 2.06. The van der Waals surface area contributed by atoms with Crippen LogP contribution in [0.15, 0.2) is 47.4 Å². The van der Waals surface area contributed by atoms with Gasteiger partial charge in [-0.3, -0.25) is 4.79 Å². The molecule has 0 radical (unpaired) electrons. The van der Waals surface area contributed by atoms with Gasteiger partial charge in [0.1, 0.15) is 0 Å². The van der Waals surface area contributed by atoms with Crippen LogP contribution in [0.1, 0.15) is 30.6 Å². The van der Waals surface area contributed by atoms with Crippen LogP contribution in [0, 0.1) is 0 Å². The first-order valence-corrected chi connectivity index (χ1v) is 12.4. The molecule has 2 N–H and O–H groups in total. The average molecular weight is 476 g/mol. The first-order valence-electron chi connectivity index (χ1n) is 10.6. The fourth-order valence-electron chi connectivity index (χ4n) is 3.81. The summed E-state index contributed by atoms with van der Waals surface area (Å²) in [5.74, 6) is 0.509. The Bertz CT molecular complexity index is 1210. The van der Waals surface area contributed by atoms with Crippen molar-refractivity contribution in [2.24, 2.45) is 0 Å². The zero-order valence-corrected chi connectivity index (χ0v) is 19.6. The van der Waals surface area contributed by atoms with Crippen molar-refractivity contribution in [3.8, 4) is 0 Å². The minimum atomic E-state index is -3.73. The van der Waals surface area contributed by atoms with Crippen molar-refractivity contribution in [1.82, 2.24) is 19.6 Å². The third-order valence-corrected chi connectivity index (χ3v) is 7.31. The van der Waals surface area contributed by atoms with Crippen molar-refractivity contribution >= 4 is 44.5 Å². The van der Waals surface area contributed by atoms with Gasteiger partial charge in [0.15, 0.2) is 0 Å². The molecule has 3 aromatic rings. The molecule has 2 heterocycles. The second-order valence-electron chi connectivity index (χ2n) is 8.13. The Morgan fingerprint density at radius 2 is 1.91 bits per heavy atom. The lowest BCUT2D eigenvalue weighted by atomic mass is 10.2. The summed E-state index contributed by atoms with van der Waals surface area (Å²) >= 11 is 6.29. The quantitative estimate of drug-likeness (QED) is 0.590. The molecule has 1 aliphatic heterocycles. The number of halogens is 1. The maximum atomic E-state index is 13.2. The van der Waals surface area contributed by atoms with Crippen molar-refractivity contribution in [2.75, 3.05) is 31.1 Å². The maximum absolute atomic E-state index is 13.2. The number of hydrogen-bond acceptors (Lipinski definition) is 5. The van der Waals surface area contributed by atoms with E-state index in [9.17, 15) is 13.2 Å². The molecular formula is C22H26ClN5O3S. The number of sulfonamides is 1. The molecule has 0 unspecified atom stereocenters. The Labute approximate surface area is 192 Å². The lowest BCUT2D eigenvalue weighted by Crippen LogP contribution is -2.36. The molecule has 8 nitrogen and oxygen atoms in total. The first-order chi connectivity index (χ1) is 15.2. The van der Waals surface area contributed by atoms with Gasteiger partial charge in [-0.2, -0.15) is 0 Å².